The lowest BCUT2D eigenvalue weighted by Crippen LogP contribution is -2.28. The largest absolute Gasteiger partial charge is 0.481 e. The molecule has 1 aliphatic carbocycles. The molecule has 1 N–H and O–H groups in total. The van der Waals surface area contributed by atoms with E-state index in [0.29, 0.717) is 30.8 Å². The summed E-state index contributed by atoms with van der Waals surface area (Å²) in [6, 6.07) is 2.41. The fraction of sp³-hybridized carbons (Fsp3) is 0.462. The number of hydrogen-bond donors (Lipinski definition) is 1. The highest BCUT2D eigenvalue weighted by Crippen LogP contribution is 2.28. The molecule has 0 aromatic carbocycles. The van der Waals surface area contributed by atoms with Gasteiger partial charge in [0.05, 0.1) is 13.0 Å². The van der Waals surface area contributed by atoms with Gasteiger partial charge in [0, 0.05) is 23.5 Å². The average Bonchev–Trinajstić information content (AvgIpc) is 2.93. The van der Waals surface area contributed by atoms with Crippen LogP contribution in [0.25, 0.3) is 11.4 Å². The Hall–Kier alpha value is -1.73. The van der Waals surface area contributed by atoms with Crippen LogP contribution < -0.4 is 0 Å². The summed E-state index contributed by atoms with van der Waals surface area (Å²) in [5, 5.41) is 16.7. The van der Waals surface area contributed by atoms with E-state index in [1.54, 1.807) is 11.3 Å². The number of carboxylic acid groups (broad SMARTS) is 1. The molecule has 2 aromatic heterocycles. The van der Waals surface area contributed by atoms with E-state index in [9.17, 15) is 4.79 Å². The van der Waals surface area contributed by atoms with Crippen molar-refractivity contribution in [1.82, 2.24) is 15.0 Å². The Kier molecular flexibility index (Phi) is 3.79. The molecule has 0 bridgehead atoms. The summed E-state index contributed by atoms with van der Waals surface area (Å²) < 4.78 is 5.26. The molecule has 7 heteroatoms. The number of thiophene rings is 1. The Morgan fingerprint density at radius 2 is 2.40 bits per heavy atom. The summed E-state index contributed by atoms with van der Waals surface area (Å²) in [5.74, 6) is 0.360. The first-order valence-electron chi connectivity index (χ1n) is 6.53. The second-order valence-electron chi connectivity index (χ2n) is 4.87. The SMILES string of the molecule is O=C(O)CCN(Cc1nc(-c2ccsc2)no1)C1CC1. The monoisotopic (exact) mass is 293 g/mol. The molecule has 0 aliphatic heterocycles. The number of carbonyl (C=O) groups is 1. The van der Waals surface area contributed by atoms with Crippen LogP contribution in [0.4, 0.5) is 0 Å². The average molecular weight is 293 g/mol. The Balaban J connectivity index is 1.64. The highest BCUT2D eigenvalue weighted by atomic mass is 32.1. The quantitative estimate of drug-likeness (QED) is 0.843. The summed E-state index contributed by atoms with van der Waals surface area (Å²) in [7, 11) is 0. The van der Waals surface area contributed by atoms with E-state index in [2.05, 4.69) is 15.0 Å². The van der Waals surface area contributed by atoms with Crippen LogP contribution in [0.3, 0.4) is 0 Å². The van der Waals surface area contributed by atoms with Crippen LogP contribution in [0.15, 0.2) is 21.3 Å². The number of hydrogen-bond acceptors (Lipinski definition) is 6. The third kappa shape index (κ3) is 3.23. The van der Waals surface area contributed by atoms with Gasteiger partial charge in [-0.15, -0.1) is 0 Å². The molecule has 3 rings (SSSR count). The van der Waals surface area contributed by atoms with Crippen molar-refractivity contribution < 1.29 is 14.4 Å². The highest BCUT2D eigenvalue weighted by Gasteiger charge is 2.30. The van der Waals surface area contributed by atoms with Crippen molar-refractivity contribution in [2.45, 2.75) is 31.8 Å². The predicted molar refractivity (Wildman–Crippen MR) is 73.3 cm³/mol. The molecule has 2 heterocycles. The fourth-order valence-corrected chi connectivity index (χ4v) is 2.71. The molecule has 0 radical (unpaired) electrons. The lowest BCUT2D eigenvalue weighted by Gasteiger charge is -2.18. The maximum atomic E-state index is 10.7. The van der Waals surface area contributed by atoms with Crippen LogP contribution in [0.5, 0.6) is 0 Å². The van der Waals surface area contributed by atoms with Crippen LogP contribution >= 0.6 is 11.3 Å². The van der Waals surface area contributed by atoms with Gasteiger partial charge in [-0.2, -0.15) is 16.3 Å². The zero-order valence-electron chi connectivity index (χ0n) is 10.9. The lowest BCUT2D eigenvalue weighted by atomic mass is 10.3. The Labute approximate surface area is 120 Å². The van der Waals surface area contributed by atoms with E-state index < -0.39 is 5.97 Å². The number of carboxylic acids is 1. The second-order valence-corrected chi connectivity index (χ2v) is 5.65. The van der Waals surface area contributed by atoms with Crippen molar-refractivity contribution in [2.75, 3.05) is 6.54 Å². The van der Waals surface area contributed by atoms with Gasteiger partial charge in [0.2, 0.25) is 11.7 Å². The molecular formula is C13H15N3O3S. The van der Waals surface area contributed by atoms with E-state index in [1.807, 2.05) is 16.8 Å². The molecule has 1 aliphatic rings. The summed E-state index contributed by atoms with van der Waals surface area (Å²) in [6.45, 7) is 1.05. The molecule has 0 amide bonds. The molecule has 1 saturated carbocycles. The first kappa shape index (κ1) is 13.3. The van der Waals surface area contributed by atoms with Gasteiger partial charge in [-0.3, -0.25) is 9.69 Å². The topological polar surface area (TPSA) is 79.5 Å². The van der Waals surface area contributed by atoms with Gasteiger partial charge in [0.15, 0.2) is 0 Å². The highest BCUT2D eigenvalue weighted by molar-refractivity contribution is 7.08. The maximum absolute atomic E-state index is 10.7. The van der Waals surface area contributed by atoms with E-state index in [1.165, 1.54) is 0 Å². The predicted octanol–water partition coefficient (Wildman–Crippen LogP) is 2.24. The van der Waals surface area contributed by atoms with Gasteiger partial charge in [-0.25, -0.2) is 0 Å². The Morgan fingerprint density at radius 1 is 1.55 bits per heavy atom. The van der Waals surface area contributed by atoms with Crippen molar-refractivity contribution in [3.05, 3.63) is 22.7 Å². The summed E-state index contributed by atoms with van der Waals surface area (Å²) in [4.78, 5) is 17.2. The number of nitrogens with zero attached hydrogens (tertiary/aromatic N) is 3. The first-order valence-corrected chi connectivity index (χ1v) is 7.47. The summed E-state index contributed by atoms with van der Waals surface area (Å²) in [5.41, 5.74) is 0.952. The Morgan fingerprint density at radius 3 is 3.05 bits per heavy atom. The van der Waals surface area contributed by atoms with Gasteiger partial charge in [-0.05, 0) is 24.3 Å². The van der Waals surface area contributed by atoms with E-state index in [4.69, 9.17) is 9.63 Å². The van der Waals surface area contributed by atoms with Crippen molar-refractivity contribution >= 4 is 17.3 Å². The van der Waals surface area contributed by atoms with E-state index >= 15 is 0 Å². The van der Waals surface area contributed by atoms with Gasteiger partial charge in [-0.1, -0.05) is 5.16 Å². The molecular weight excluding hydrogens is 278 g/mol. The molecule has 2 aromatic rings. The minimum absolute atomic E-state index is 0.141. The van der Waals surface area contributed by atoms with Gasteiger partial charge in [0.25, 0.3) is 0 Å². The standard InChI is InChI=1S/C13H15N3O3S/c17-12(18)3-5-16(10-1-2-10)7-11-14-13(15-19-11)9-4-6-20-8-9/h4,6,8,10H,1-3,5,7H2,(H,17,18). The lowest BCUT2D eigenvalue weighted by molar-refractivity contribution is -0.137. The van der Waals surface area contributed by atoms with Crippen LogP contribution in [-0.2, 0) is 11.3 Å². The normalized spacial score (nSPS) is 14.8. The zero-order chi connectivity index (χ0) is 13.9. The fourth-order valence-electron chi connectivity index (χ4n) is 2.07. The number of rotatable bonds is 7. The van der Waals surface area contributed by atoms with Crippen LogP contribution in [-0.4, -0.2) is 38.7 Å². The molecule has 106 valence electrons. The van der Waals surface area contributed by atoms with Crippen LogP contribution in [0.2, 0.25) is 0 Å². The maximum Gasteiger partial charge on any atom is 0.304 e. The van der Waals surface area contributed by atoms with Gasteiger partial charge < -0.3 is 9.63 Å². The van der Waals surface area contributed by atoms with E-state index in [-0.39, 0.29) is 6.42 Å². The van der Waals surface area contributed by atoms with Crippen LogP contribution in [0.1, 0.15) is 25.2 Å². The smallest absolute Gasteiger partial charge is 0.304 e. The molecule has 6 nitrogen and oxygen atoms in total. The molecule has 0 unspecified atom stereocenters. The van der Waals surface area contributed by atoms with Crippen molar-refractivity contribution in [1.29, 1.82) is 0 Å². The minimum atomic E-state index is -0.778. The number of aromatic nitrogens is 2. The molecule has 0 atom stereocenters. The molecule has 1 fully saturated rings. The summed E-state index contributed by atoms with van der Waals surface area (Å²) >= 11 is 1.59. The zero-order valence-corrected chi connectivity index (χ0v) is 11.7. The van der Waals surface area contributed by atoms with Gasteiger partial charge in [0.1, 0.15) is 0 Å². The third-order valence-corrected chi connectivity index (χ3v) is 3.95. The third-order valence-electron chi connectivity index (χ3n) is 3.26. The van der Waals surface area contributed by atoms with Gasteiger partial charge >= 0.3 is 5.97 Å². The minimum Gasteiger partial charge on any atom is -0.481 e. The first-order chi connectivity index (χ1) is 9.72. The molecule has 20 heavy (non-hydrogen) atoms. The second kappa shape index (κ2) is 5.72. The number of aliphatic carboxylic acids is 1. The molecule has 0 spiro atoms. The van der Waals surface area contributed by atoms with Crippen molar-refractivity contribution in [2.24, 2.45) is 0 Å². The Bertz CT molecular complexity index is 577. The summed E-state index contributed by atoms with van der Waals surface area (Å²) in [6.07, 6.45) is 2.37. The van der Waals surface area contributed by atoms with Crippen LogP contribution in [0, 0.1) is 0 Å². The van der Waals surface area contributed by atoms with Crippen molar-refractivity contribution in [3.8, 4) is 11.4 Å². The van der Waals surface area contributed by atoms with Crippen molar-refractivity contribution in [3.63, 3.8) is 0 Å². The van der Waals surface area contributed by atoms with E-state index in [0.717, 1.165) is 18.4 Å². The molecule has 0 saturated heterocycles.